The number of nitrogens with zero attached hydrogens (tertiary/aromatic N) is 2. The number of aromatic nitrogens is 1. The molecule has 0 atom stereocenters. The van der Waals surface area contributed by atoms with Crippen molar-refractivity contribution in [2.45, 2.75) is 25.8 Å². The van der Waals surface area contributed by atoms with Gasteiger partial charge in [0.15, 0.2) is 0 Å². The summed E-state index contributed by atoms with van der Waals surface area (Å²) in [5.41, 5.74) is 0.851. The second kappa shape index (κ2) is 8.99. The number of carbonyl (C=O) groups excluding carboxylic acids is 1. The molecule has 1 aliphatic heterocycles. The molecule has 0 bridgehead atoms. The Morgan fingerprint density at radius 3 is 2.61 bits per heavy atom. The number of nitrogens with one attached hydrogen (secondary N) is 1. The molecule has 8 heteroatoms. The Morgan fingerprint density at radius 1 is 1.35 bits per heavy atom. The van der Waals surface area contributed by atoms with Crippen LogP contribution in [0.4, 0.5) is 0 Å². The molecule has 1 fully saturated rings. The Labute approximate surface area is 157 Å². The van der Waals surface area contributed by atoms with Crippen molar-refractivity contribution in [1.82, 2.24) is 15.2 Å². The van der Waals surface area contributed by atoms with Gasteiger partial charge < -0.3 is 10.2 Å². The molecule has 2 aromatic rings. The van der Waals surface area contributed by atoms with E-state index in [4.69, 9.17) is 0 Å². The van der Waals surface area contributed by atoms with Crippen LogP contribution in [-0.4, -0.2) is 42.0 Å². The molecule has 2 aromatic heterocycles. The van der Waals surface area contributed by atoms with Gasteiger partial charge in [-0.15, -0.1) is 47.5 Å². The highest BCUT2D eigenvalue weighted by Gasteiger charge is 2.26. The molecule has 3 heterocycles. The topological polar surface area (TPSA) is 45.2 Å². The van der Waals surface area contributed by atoms with Crippen LogP contribution in [0.25, 0.3) is 9.88 Å². The van der Waals surface area contributed by atoms with Gasteiger partial charge in [-0.25, -0.2) is 4.98 Å². The maximum atomic E-state index is 12.7. The molecular formula is C15H21Cl2N3OS2. The smallest absolute Gasteiger partial charge is 0.265 e. The molecule has 23 heavy (non-hydrogen) atoms. The zero-order valence-electron chi connectivity index (χ0n) is 13.1. The lowest BCUT2D eigenvalue weighted by Crippen LogP contribution is -2.43. The van der Waals surface area contributed by atoms with E-state index in [9.17, 15) is 4.79 Å². The Balaban J connectivity index is 0.00000132. The van der Waals surface area contributed by atoms with Gasteiger partial charge in [0, 0.05) is 19.1 Å². The maximum Gasteiger partial charge on any atom is 0.265 e. The number of thiazole rings is 1. The minimum Gasteiger partial charge on any atom is -0.338 e. The Morgan fingerprint density at radius 2 is 2.04 bits per heavy atom. The zero-order chi connectivity index (χ0) is 14.8. The number of thiophene rings is 1. The minimum atomic E-state index is 0. The van der Waals surface area contributed by atoms with E-state index in [0.717, 1.165) is 46.4 Å². The summed E-state index contributed by atoms with van der Waals surface area (Å²) in [7, 11) is 1.99. The van der Waals surface area contributed by atoms with Crippen molar-refractivity contribution in [1.29, 1.82) is 0 Å². The van der Waals surface area contributed by atoms with E-state index in [1.54, 1.807) is 11.3 Å². The second-order valence-corrected chi connectivity index (χ2v) is 7.21. The van der Waals surface area contributed by atoms with Gasteiger partial charge in [-0.05, 0) is 38.3 Å². The lowest BCUT2D eigenvalue weighted by atomic mass is 10.1. The third-order valence-electron chi connectivity index (χ3n) is 3.91. The average molecular weight is 394 g/mol. The Bertz CT molecular complexity index is 623. The van der Waals surface area contributed by atoms with E-state index in [0.29, 0.717) is 6.04 Å². The summed E-state index contributed by atoms with van der Waals surface area (Å²) in [6, 6.07) is 4.61. The van der Waals surface area contributed by atoms with Crippen molar-refractivity contribution in [3.63, 3.8) is 0 Å². The van der Waals surface area contributed by atoms with Crippen LogP contribution < -0.4 is 5.32 Å². The minimum absolute atomic E-state index is 0. The van der Waals surface area contributed by atoms with Crippen LogP contribution in [0.1, 0.15) is 28.2 Å². The molecule has 1 aliphatic rings. The number of hydrogen-bond donors (Lipinski definition) is 1. The largest absolute Gasteiger partial charge is 0.338 e. The van der Waals surface area contributed by atoms with Crippen molar-refractivity contribution < 1.29 is 4.79 Å². The van der Waals surface area contributed by atoms with Gasteiger partial charge in [0.2, 0.25) is 0 Å². The predicted octanol–water partition coefficient (Wildman–Crippen LogP) is 3.85. The summed E-state index contributed by atoms with van der Waals surface area (Å²) in [5.74, 6) is 0.141. The van der Waals surface area contributed by atoms with Crippen molar-refractivity contribution in [2.75, 3.05) is 20.1 Å². The van der Waals surface area contributed by atoms with Crippen LogP contribution in [0.2, 0.25) is 0 Å². The fourth-order valence-electron chi connectivity index (χ4n) is 2.62. The molecule has 1 amide bonds. The quantitative estimate of drug-likeness (QED) is 0.860. The van der Waals surface area contributed by atoms with E-state index < -0.39 is 0 Å². The lowest BCUT2D eigenvalue weighted by Gasteiger charge is -2.31. The van der Waals surface area contributed by atoms with E-state index in [1.165, 1.54) is 11.3 Å². The third-order valence-corrected chi connectivity index (χ3v) is 6.10. The summed E-state index contributed by atoms with van der Waals surface area (Å²) in [4.78, 5) is 21.1. The van der Waals surface area contributed by atoms with Crippen LogP contribution in [0, 0.1) is 6.92 Å². The molecule has 1 saturated heterocycles. The number of carbonyl (C=O) groups is 1. The van der Waals surface area contributed by atoms with Gasteiger partial charge in [-0.1, -0.05) is 6.07 Å². The first kappa shape index (κ1) is 20.4. The molecule has 4 nitrogen and oxygen atoms in total. The second-order valence-electron chi connectivity index (χ2n) is 5.27. The summed E-state index contributed by atoms with van der Waals surface area (Å²) >= 11 is 3.18. The van der Waals surface area contributed by atoms with Gasteiger partial charge >= 0.3 is 0 Å². The summed E-state index contributed by atoms with van der Waals surface area (Å²) in [6.45, 7) is 3.59. The highest BCUT2D eigenvalue weighted by atomic mass is 35.5. The van der Waals surface area contributed by atoms with Crippen LogP contribution in [0.5, 0.6) is 0 Å². The molecule has 0 saturated carbocycles. The number of rotatable bonds is 3. The molecule has 0 radical (unpaired) electrons. The molecule has 0 aromatic carbocycles. The van der Waals surface area contributed by atoms with Gasteiger partial charge in [0.1, 0.15) is 9.88 Å². The molecular weight excluding hydrogens is 373 g/mol. The highest BCUT2D eigenvalue weighted by Crippen LogP contribution is 2.32. The van der Waals surface area contributed by atoms with Crippen LogP contribution in [-0.2, 0) is 0 Å². The van der Waals surface area contributed by atoms with Crippen LogP contribution in [0.15, 0.2) is 17.5 Å². The lowest BCUT2D eigenvalue weighted by molar-refractivity contribution is 0.0711. The summed E-state index contributed by atoms with van der Waals surface area (Å²) in [5, 5.41) is 6.28. The van der Waals surface area contributed by atoms with Gasteiger partial charge in [-0.2, -0.15) is 0 Å². The van der Waals surface area contributed by atoms with E-state index in [1.807, 2.05) is 30.3 Å². The maximum absolute atomic E-state index is 12.7. The molecule has 0 spiro atoms. The first-order valence-electron chi connectivity index (χ1n) is 7.17. The monoisotopic (exact) mass is 393 g/mol. The number of hydrogen-bond acceptors (Lipinski definition) is 5. The van der Waals surface area contributed by atoms with Crippen molar-refractivity contribution in [2.24, 2.45) is 0 Å². The fourth-order valence-corrected chi connectivity index (χ4v) is 4.45. The van der Waals surface area contributed by atoms with E-state index >= 15 is 0 Å². The number of piperidine rings is 1. The number of halogens is 2. The molecule has 128 valence electrons. The van der Waals surface area contributed by atoms with Crippen molar-refractivity contribution >= 4 is 53.4 Å². The zero-order valence-corrected chi connectivity index (χ0v) is 16.3. The Kier molecular flexibility index (Phi) is 7.97. The van der Waals surface area contributed by atoms with E-state index in [-0.39, 0.29) is 30.7 Å². The molecule has 0 aliphatic carbocycles. The third kappa shape index (κ3) is 4.45. The van der Waals surface area contributed by atoms with Crippen LogP contribution in [0.3, 0.4) is 0 Å². The molecule has 1 N–H and O–H groups in total. The van der Waals surface area contributed by atoms with Gasteiger partial charge in [-0.3, -0.25) is 4.79 Å². The highest BCUT2D eigenvalue weighted by molar-refractivity contribution is 7.22. The fraction of sp³-hybridized carbons (Fsp3) is 0.467. The predicted molar refractivity (Wildman–Crippen MR) is 103 cm³/mol. The van der Waals surface area contributed by atoms with Crippen molar-refractivity contribution in [3.8, 4) is 9.88 Å². The van der Waals surface area contributed by atoms with Crippen molar-refractivity contribution in [3.05, 3.63) is 28.1 Å². The average Bonchev–Trinajstić information content (AvgIpc) is 3.16. The van der Waals surface area contributed by atoms with Gasteiger partial charge in [0.25, 0.3) is 5.91 Å². The first-order chi connectivity index (χ1) is 10.2. The number of aryl methyl sites for hydroxylation is 1. The summed E-state index contributed by atoms with van der Waals surface area (Å²) in [6.07, 6.45) is 2.05. The van der Waals surface area contributed by atoms with Gasteiger partial charge in [0.05, 0.1) is 10.6 Å². The molecule has 3 rings (SSSR count). The number of amides is 1. The summed E-state index contributed by atoms with van der Waals surface area (Å²) < 4.78 is 0. The normalized spacial score (nSPS) is 15.0. The number of likely N-dealkylation sites (tertiary alicyclic amines) is 1. The SMILES string of the molecule is CNC1CCN(C(=O)c2sc(-c3cccs3)nc2C)CC1.Cl.Cl. The Hall–Kier alpha value is -0.660. The van der Waals surface area contributed by atoms with Crippen LogP contribution >= 0.6 is 47.5 Å². The standard InChI is InChI=1S/C15H19N3OS2.2ClH/c1-10-13(21-14(17-10)12-4-3-9-20-12)15(19)18-7-5-11(16-2)6-8-18;;/h3-4,9,11,16H,5-8H2,1-2H3;2*1H. The molecule has 0 unspecified atom stereocenters. The van der Waals surface area contributed by atoms with E-state index in [2.05, 4.69) is 16.4 Å². The first-order valence-corrected chi connectivity index (χ1v) is 8.86.